The molecule has 1 aromatic rings. The van der Waals surface area contributed by atoms with Gasteiger partial charge in [-0.05, 0) is 36.5 Å². The van der Waals surface area contributed by atoms with Gasteiger partial charge >= 0.3 is 0 Å². The summed E-state index contributed by atoms with van der Waals surface area (Å²) in [6, 6.07) is 9.25. The van der Waals surface area contributed by atoms with Crippen molar-refractivity contribution in [1.82, 2.24) is 15.1 Å². The Balaban J connectivity index is 0.00000210. The Morgan fingerprint density at radius 3 is 2.67 bits per heavy atom. The van der Waals surface area contributed by atoms with Gasteiger partial charge in [-0.25, -0.2) is 0 Å². The molecule has 1 aromatic carbocycles. The van der Waals surface area contributed by atoms with Gasteiger partial charge in [-0.2, -0.15) is 0 Å². The van der Waals surface area contributed by atoms with Crippen molar-refractivity contribution in [2.75, 3.05) is 53.0 Å². The standard InChI is InChI=1S/C20H29BrN4O.HI/c1-22-20(23-19-12-18(19)16-2-4-17(21)5-3-16)25-7-6-15(14-25)13-24-8-10-26-11-9-24;/h2-5,15,18-19H,6-14H2,1H3,(H,22,23);1H. The van der Waals surface area contributed by atoms with Gasteiger partial charge in [0.1, 0.15) is 0 Å². The Morgan fingerprint density at radius 1 is 1.22 bits per heavy atom. The summed E-state index contributed by atoms with van der Waals surface area (Å²) in [6.07, 6.45) is 2.46. The third-order valence-corrected chi connectivity index (χ3v) is 6.35. The third-order valence-electron chi connectivity index (χ3n) is 5.82. The lowest BCUT2D eigenvalue weighted by Crippen LogP contribution is -2.43. The highest BCUT2D eigenvalue weighted by Crippen LogP contribution is 2.41. The van der Waals surface area contributed by atoms with Gasteiger partial charge in [0.2, 0.25) is 0 Å². The average molecular weight is 549 g/mol. The van der Waals surface area contributed by atoms with Crippen molar-refractivity contribution >= 4 is 45.9 Å². The van der Waals surface area contributed by atoms with Crippen LogP contribution in [0.25, 0.3) is 0 Å². The summed E-state index contributed by atoms with van der Waals surface area (Å²) in [7, 11) is 1.91. The minimum atomic E-state index is 0. The molecule has 3 unspecified atom stereocenters. The van der Waals surface area contributed by atoms with Crippen LogP contribution in [-0.2, 0) is 4.74 Å². The van der Waals surface area contributed by atoms with E-state index in [1.54, 1.807) is 0 Å². The van der Waals surface area contributed by atoms with Crippen molar-refractivity contribution in [3.05, 3.63) is 34.3 Å². The summed E-state index contributed by atoms with van der Waals surface area (Å²) in [5, 5.41) is 3.70. The summed E-state index contributed by atoms with van der Waals surface area (Å²) in [6.45, 7) is 7.37. The fraction of sp³-hybridized carbons (Fsp3) is 0.650. The number of likely N-dealkylation sites (tertiary alicyclic amines) is 1. The zero-order chi connectivity index (χ0) is 17.9. The second-order valence-corrected chi connectivity index (χ2v) is 8.62. The number of ether oxygens (including phenoxy) is 1. The molecule has 7 heteroatoms. The Kier molecular flexibility index (Phi) is 7.82. The molecule has 3 fully saturated rings. The number of guanidine groups is 1. The molecule has 0 radical (unpaired) electrons. The number of aliphatic imine (C=N–C) groups is 1. The molecule has 150 valence electrons. The second-order valence-electron chi connectivity index (χ2n) is 7.71. The maximum absolute atomic E-state index is 5.46. The molecule has 2 aliphatic heterocycles. The monoisotopic (exact) mass is 548 g/mol. The molecule has 0 bridgehead atoms. The molecular formula is C20H30BrIN4O. The van der Waals surface area contributed by atoms with Gasteiger partial charge in [-0.15, -0.1) is 24.0 Å². The molecule has 0 spiro atoms. The Bertz CT molecular complexity index is 635. The summed E-state index contributed by atoms with van der Waals surface area (Å²) in [5.74, 6) is 2.44. The molecule has 4 rings (SSSR count). The lowest BCUT2D eigenvalue weighted by Gasteiger charge is -2.29. The average Bonchev–Trinajstić information content (AvgIpc) is 3.29. The second kappa shape index (κ2) is 9.89. The fourth-order valence-corrected chi connectivity index (χ4v) is 4.48. The number of nitrogens with zero attached hydrogens (tertiary/aromatic N) is 3. The van der Waals surface area contributed by atoms with Crippen LogP contribution < -0.4 is 5.32 Å². The number of hydrogen-bond acceptors (Lipinski definition) is 3. The Morgan fingerprint density at radius 2 is 1.96 bits per heavy atom. The number of halogens is 2. The van der Waals surface area contributed by atoms with Crippen LogP contribution in [0.15, 0.2) is 33.7 Å². The smallest absolute Gasteiger partial charge is 0.193 e. The summed E-state index contributed by atoms with van der Waals surface area (Å²) >= 11 is 3.52. The van der Waals surface area contributed by atoms with Crippen molar-refractivity contribution < 1.29 is 4.74 Å². The molecule has 0 aromatic heterocycles. The largest absolute Gasteiger partial charge is 0.379 e. The summed E-state index contributed by atoms with van der Waals surface area (Å²) in [5.41, 5.74) is 1.42. The first-order valence-electron chi connectivity index (χ1n) is 9.77. The molecule has 2 saturated heterocycles. The molecule has 2 heterocycles. The highest BCUT2D eigenvalue weighted by atomic mass is 127. The van der Waals surface area contributed by atoms with E-state index in [1.807, 2.05) is 7.05 Å². The highest BCUT2D eigenvalue weighted by Gasteiger charge is 2.40. The number of morpholine rings is 1. The molecule has 3 aliphatic rings. The maximum Gasteiger partial charge on any atom is 0.193 e. The van der Waals surface area contributed by atoms with Crippen molar-refractivity contribution in [3.63, 3.8) is 0 Å². The minimum Gasteiger partial charge on any atom is -0.379 e. The Labute approximate surface area is 188 Å². The first-order chi connectivity index (χ1) is 12.7. The van der Waals surface area contributed by atoms with Crippen molar-refractivity contribution in [2.45, 2.75) is 24.8 Å². The van der Waals surface area contributed by atoms with Crippen LogP contribution in [0.5, 0.6) is 0 Å². The van der Waals surface area contributed by atoms with E-state index in [1.165, 1.54) is 24.9 Å². The zero-order valence-electron chi connectivity index (χ0n) is 15.9. The van der Waals surface area contributed by atoms with Crippen LogP contribution in [0.1, 0.15) is 24.3 Å². The van der Waals surface area contributed by atoms with Crippen LogP contribution in [-0.4, -0.2) is 74.8 Å². The van der Waals surface area contributed by atoms with E-state index in [0.717, 1.165) is 55.7 Å². The first-order valence-corrected chi connectivity index (χ1v) is 10.6. The highest BCUT2D eigenvalue weighted by molar-refractivity contribution is 14.0. The van der Waals surface area contributed by atoms with Gasteiger partial charge in [0.25, 0.3) is 0 Å². The number of rotatable bonds is 4. The third kappa shape index (κ3) is 5.58. The van der Waals surface area contributed by atoms with Gasteiger partial charge in [-0.1, -0.05) is 28.1 Å². The normalized spacial score (nSPS) is 28.7. The van der Waals surface area contributed by atoms with E-state index in [2.05, 4.69) is 60.3 Å². The lowest BCUT2D eigenvalue weighted by atomic mass is 10.1. The Hall–Kier alpha value is -0.380. The fourth-order valence-electron chi connectivity index (χ4n) is 4.22. The molecule has 3 atom stereocenters. The van der Waals surface area contributed by atoms with Crippen LogP contribution in [0.3, 0.4) is 0 Å². The molecule has 27 heavy (non-hydrogen) atoms. The van der Waals surface area contributed by atoms with Gasteiger partial charge in [0, 0.05) is 56.2 Å². The predicted molar refractivity (Wildman–Crippen MR) is 124 cm³/mol. The summed E-state index contributed by atoms with van der Waals surface area (Å²) in [4.78, 5) is 9.56. The van der Waals surface area contributed by atoms with Crippen LogP contribution in [0.4, 0.5) is 0 Å². The number of nitrogens with one attached hydrogen (secondary N) is 1. The molecular weight excluding hydrogens is 519 g/mol. The van der Waals surface area contributed by atoms with E-state index < -0.39 is 0 Å². The van der Waals surface area contributed by atoms with E-state index in [9.17, 15) is 0 Å². The predicted octanol–water partition coefficient (Wildman–Crippen LogP) is 3.15. The minimum absolute atomic E-state index is 0. The molecule has 1 aliphatic carbocycles. The number of benzene rings is 1. The molecule has 0 amide bonds. The van der Waals surface area contributed by atoms with Gasteiger partial charge in [0.05, 0.1) is 13.2 Å². The SMILES string of the molecule is CN=C(NC1CC1c1ccc(Br)cc1)N1CCC(CN2CCOCC2)C1.I. The molecule has 1 N–H and O–H groups in total. The summed E-state index contributed by atoms with van der Waals surface area (Å²) < 4.78 is 6.60. The molecule has 5 nitrogen and oxygen atoms in total. The number of hydrogen-bond donors (Lipinski definition) is 1. The quantitative estimate of drug-likeness (QED) is 0.356. The van der Waals surface area contributed by atoms with E-state index in [0.29, 0.717) is 12.0 Å². The van der Waals surface area contributed by atoms with Gasteiger partial charge in [0.15, 0.2) is 5.96 Å². The molecule has 1 saturated carbocycles. The van der Waals surface area contributed by atoms with E-state index in [-0.39, 0.29) is 24.0 Å². The topological polar surface area (TPSA) is 40.1 Å². The van der Waals surface area contributed by atoms with E-state index >= 15 is 0 Å². The van der Waals surface area contributed by atoms with E-state index in [4.69, 9.17) is 4.74 Å². The van der Waals surface area contributed by atoms with Gasteiger partial charge in [-0.3, -0.25) is 9.89 Å². The van der Waals surface area contributed by atoms with Gasteiger partial charge < -0.3 is 15.0 Å². The zero-order valence-corrected chi connectivity index (χ0v) is 19.9. The van der Waals surface area contributed by atoms with Crippen LogP contribution in [0, 0.1) is 5.92 Å². The van der Waals surface area contributed by atoms with Crippen molar-refractivity contribution in [3.8, 4) is 0 Å². The lowest BCUT2D eigenvalue weighted by molar-refractivity contribution is 0.0315. The van der Waals surface area contributed by atoms with Crippen molar-refractivity contribution in [2.24, 2.45) is 10.9 Å². The maximum atomic E-state index is 5.46. The van der Waals surface area contributed by atoms with Crippen LogP contribution >= 0.6 is 39.9 Å². The van der Waals surface area contributed by atoms with Crippen LogP contribution in [0.2, 0.25) is 0 Å². The van der Waals surface area contributed by atoms with Crippen molar-refractivity contribution in [1.29, 1.82) is 0 Å². The first kappa shape index (κ1) is 21.3.